The number of carbonyl (C=O) groups excluding carboxylic acids is 2. The molecular formula is C24H27N5O3. The molecule has 0 aliphatic carbocycles. The number of carbonyl (C=O) groups is 2. The zero-order chi connectivity index (χ0) is 21.9. The third-order valence-electron chi connectivity index (χ3n) is 6.17. The Balaban J connectivity index is 1.16. The molecule has 2 aliphatic rings. The highest BCUT2D eigenvalue weighted by atomic mass is 16.5. The second kappa shape index (κ2) is 9.00. The summed E-state index contributed by atoms with van der Waals surface area (Å²) in [4.78, 5) is 36.8. The predicted octanol–water partition coefficient (Wildman–Crippen LogP) is 3.03. The number of fused-ring (bicyclic) bond motifs is 1. The van der Waals surface area contributed by atoms with Crippen LogP contribution in [0.1, 0.15) is 29.8 Å². The second-order valence-corrected chi connectivity index (χ2v) is 8.29. The molecule has 2 amide bonds. The minimum absolute atomic E-state index is 0.134. The number of rotatable bonds is 4. The van der Waals surface area contributed by atoms with E-state index in [1.807, 2.05) is 41.3 Å². The monoisotopic (exact) mass is 433 g/mol. The number of nitrogens with one attached hydrogen (secondary N) is 2. The van der Waals surface area contributed by atoms with Crippen molar-refractivity contribution >= 4 is 34.2 Å². The first-order valence-electron chi connectivity index (χ1n) is 11.2. The number of benzene rings is 1. The summed E-state index contributed by atoms with van der Waals surface area (Å²) < 4.78 is 5.65. The normalized spacial score (nSPS) is 19.2. The van der Waals surface area contributed by atoms with Crippen LogP contribution in [-0.2, 0) is 9.53 Å². The summed E-state index contributed by atoms with van der Waals surface area (Å²) in [5, 5.41) is 2.92. The van der Waals surface area contributed by atoms with Gasteiger partial charge in [-0.05, 0) is 61.7 Å². The van der Waals surface area contributed by atoms with E-state index in [0.717, 1.165) is 54.8 Å². The first-order chi connectivity index (χ1) is 15.7. The van der Waals surface area contributed by atoms with Crippen molar-refractivity contribution in [2.75, 3.05) is 43.0 Å². The molecule has 2 aromatic heterocycles. The van der Waals surface area contributed by atoms with Gasteiger partial charge in [0.1, 0.15) is 11.8 Å². The molecule has 32 heavy (non-hydrogen) atoms. The van der Waals surface area contributed by atoms with Gasteiger partial charge in [0.15, 0.2) is 0 Å². The lowest BCUT2D eigenvalue weighted by Crippen LogP contribution is -2.52. The Hall–Kier alpha value is -3.39. The van der Waals surface area contributed by atoms with Crippen LogP contribution in [0.4, 0.5) is 11.4 Å². The molecule has 3 aromatic rings. The molecular weight excluding hydrogens is 406 g/mol. The molecule has 2 aliphatic heterocycles. The van der Waals surface area contributed by atoms with Gasteiger partial charge in [0, 0.05) is 50.4 Å². The van der Waals surface area contributed by atoms with Crippen LogP contribution in [0, 0.1) is 0 Å². The summed E-state index contributed by atoms with van der Waals surface area (Å²) in [6, 6.07) is 13.3. The average molecular weight is 434 g/mol. The topological polar surface area (TPSA) is 90.6 Å². The lowest BCUT2D eigenvalue weighted by molar-refractivity contribution is -0.146. The van der Waals surface area contributed by atoms with Crippen molar-refractivity contribution in [2.45, 2.75) is 25.4 Å². The molecule has 1 atom stereocenters. The highest BCUT2D eigenvalue weighted by molar-refractivity contribution is 6.05. The molecule has 4 heterocycles. The van der Waals surface area contributed by atoms with Crippen LogP contribution < -0.4 is 10.2 Å². The van der Waals surface area contributed by atoms with Gasteiger partial charge in [-0.25, -0.2) is 0 Å². The molecule has 2 N–H and O–H groups in total. The van der Waals surface area contributed by atoms with E-state index < -0.39 is 0 Å². The molecule has 1 unspecified atom stereocenters. The quantitative estimate of drug-likeness (QED) is 0.660. The van der Waals surface area contributed by atoms with E-state index in [0.29, 0.717) is 25.4 Å². The molecule has 2 fully saturated rings. The highest BCUT2D eigenvalue weighted by Gasteiger charge is 2.29. The number of pyridine rings is 1. The molecule has 8 heteroatoms. The van der Waals surface area contributed by atoms with Gasteiger partial charge in [-0.15, -0.1) is 0 Å². The van der Waals surface area contributed by atoms with E-state index in [2.05, 4.69) is 20.2 Å². The number of piperazine rings is 1. The predicted molar refractivity (Wildman–Crippen MR) is 123 cm³/mol. The van der Waals surface area contributed by atoms with Gasteiger partial charge in [0.25, 0.3) is 11.8 Å². The minimum Gasteiger partial charge on any atom is -0.368 e. The largest absolute Gasteiger partial charge is 0.368 e. The number of amides is 2. The van der Waals surface area contributed by atoms with Crippen LogP contribution in [0.3, 0.4) is 0 Å². The molecule has 1 aromatic carbocycles. The Bertz CT molecular complexity index is 1060. The van der Waals surface area contributed by atoms with Crippen molar-refractivity contribution in [1.29, 1.82) is 0 Å². The zero-order valence-electron chi connectivity index (χ0n) is 17.9. The first-order valence-corrected chi connectivity index (χ1v) is 11.2. The number of aromatic amines is 1. The Labute approximate surface area is 186 Å². The average Bonchev–Trinajstić information content (AvgIpc) is 3.29. The van der Waals surface area contributed by atoms with E-state index in [1.165, 1.54) is 0 Å². The van der Waals surface area contributed by atoms with E-state index in [1.54, 1.807) is 12.3 Å². The Morgan fingerprint density at radius 2 is 1.88 bits per heavy atom. The number of hydrogen-bond donors (Lipinski definition) is 2. The minimum atomic E-state index is -0.258. The van der Waals surface area contributed by atoms with Crippen LogP contribution in [0.15, 0.2) is 48.7 Å². The first kappa shape index (κ1) is 20.5. The summed E-state index contributed by atoms with van der Waals surface area (Å²) >= 11 is 0. The van der Waals surface area contributed by atoms with Gasteiger partial charge in [-0.2, -0.15) is 0 Å². The SMILES string of the molecule is O=C(Nc1ccc(N2CCN(C(=O)C3CCCCO3)CC2)cc1)c1cc2ncccc2[nH]1. The molecule has 5 rings (SSSR count). The van der Waals surface area contributed by atoms with E-state index in [9.17, 15) is 9.59 Å². The molecule has 0 radical (unpaired) electrons. The summed E-state index contributed by atoms with van der Waals surface area (Å²) in [5.41, 5.74) is 3.89. The number of H-pyrrole nitrogens is 1. The molecule has 166 valence electrons. The fourth-order valence-corrected chi connectivity index (χ4v) is 4.36. The third kappa shape index (κ3) is 4.31. The van der Waals surface area contributed by atoms with E-state index in [4.69, 9.17) is 4.74 Å². The van der Waals surface area contributed by atoms with Gasteiger partial charge in [-0.1, -0.05) is 0 Å². The maximum Gasteiger partial charge on any atom is 0.272 e. The van der Waals surface area contributed by atoms with Crippen molar-refractivity contribution in [1.82, 2.24) is 14.9 Å². The molecule has 8 nitrogen and oxygen atoms in total. The summed E-state index contributed by atoms with van der Waals surface area (Å²) in [5.74, 6) is -0.0672. The standard InChI is InChI=1S/C24H27N5O3/c30-23(21-16-20-19(27-21)4-3-10-25-20)26-17-6-8-18(9-7-17)28-11-13-29(14-12-28)24(31)22-5-1-2-15-32-22/h3-4,6-10,16,22,27H,1-2,5,11-15H2,(H,26,30). The van der Waals surface area contributed by atoms with Crippen LogP contribution in [0.25, 0.3) is 11.0 Å². The van der Waals surface area contributed by atoms with Crippen molar-refractivity contribution in [3.8, 4) is 0 Å². The van der Waals surface area contributed by atoms with Gasteiger partial charge >= 0.3 is 0 Å². The molecule has 0 bridgehead atoms. The molecule has 0 saturated carbocycles. The molecule has 2 saturated heterocycles. The summed E-state index contributed by atoms with van der Waals surface area (Å²) in [6.07, 6.45) is 4.40. The van der Waals surface area contributed by atoms with Gasteiger partial charge in [-0.3, -0.25) is 14.6 Å². The van der Waals surface area contributed by atoms with Crippen molar-refractivity contribution in [2.24, 2.45) is 0 Å². The summed E-state index contributed by atoms with van der Waals surface area (Å²) in [6.45, 7) is 3.66. The Morgan fingerprint density at radius 1 is 1.06 bits per heavy atom. The Kier molecular flexibility index (Phi) is 5.77. The lowest BCUT2D eigenvalue weighted by Gasteiger charge is -2.38. The highest BCUT2D eigenvalue weighted by Crippen LogP contribution is 2.22. The second-order valence-electron chi connectivity index (χ2n) is 8.29. The number of anilines is 2. The smallest absolute Gasteiger partial charge is 0.272 e. The number of aromatic nitrogens is 2. The maximum absolute atomic E-state index is 12.7. The lowest BCUT2D eigenvalue weighted by atomic mass is 10.1. The van der Waals surface area contributed by atoms with Crippen molar-refractivity contribution < 1.29 is 14.3 Å². The fourth-order valence-electron chi connectivity index (χ4n) is 4.36. The third-order valence-corrected chi connectivity index (χ3v) is 6.17. The fraction of sp³-hybridized carbons (Fsp3) is 0.375. The van der Waals surface area contributed by atoms with Crippen LogP contribution in [0.2, 0.25) is 0 Å². The van der Waals surface area contributed by atoms with Crippen molar-refractivity contribution in [3.63, 3.8) is 0 Å². The zero-order valence-corrected chi connectivity index (χ0v) is 17.9. The van der Waals surface area contributed by atoms with E-state index >= 15 is 0 Å². The van der Waals surface area contributed by atoms with Gasteiger partial charge in [0.2, 0.25) is 0 Å². The number of hydrogen-bond acceptors (Lipinski definition) is 5. The van der Waals surface area contributed by atoms with E-state index in [-0.39, 0.29) is 17.9 Å². The van der Waals surface area contributed by atoms with Crippen molar-refractivity contribution in [3.05, 3.63) is 54.4 Å². The van der Waals surface area contributed by atoms with Crippen LogP contribution in [0.5, 0.6) is 0 Å². The molecule has 0 spiro atoms. The van der Waals surface area contributed by atoms with Crippen LogP contribution >= 0.6 is 0 Å². The van der Waals surface area contributed by atoms with Gasteiger partial charge in [0.05, 0.1) is 11.0 Å². The van der Waals surface area contributed by atoms with Crippen LogP contribution in [-0.4, -0.2) is 65.6 Å². The summed E-state index contributed by atoms with van der Waals surface area (Å²) in [7, 11) is 0. The number of ether oxygens (including phenoxy) is 1. The number of nitrogens with zero attached hydrogens (tertiary/aromatic N) is 3. The Morgan fingerprint density at radius 3 is 2.59 bits per heavy atom. The maximum atomic E-state index is 12.7. The van der Waals surface area contributed by atoms with Gasteiger partial charge < -0.3 is 24.8 Å².